The summed E-state index contributed by atoms with van der Waals surface area (Å²) in [5.74, 6) is 0.373. The molecule has 3 rings (SSSR count). The summed E-state index contributed by atoms with van der Waals surface area (Å²) in [6, 6.07) is 5.59. The Labute approximate surface area is 141 Å². The highest BCUT2D eigenvalue weighted by Crippen LogP contribution is 2.20. The summed E-state index contributed by atoms with van der Waals surface area (Å²) >= 11 is 0. The van der Waals surface area contributed by atoms with Crippen molar-refractivity contribution in [2.24, 2.45) is 7.05 Å². The van der Waals surface area contributed by atoms with Gasteiger partial charge in [0.2, 0.25) is 5.43 Å². The van der Waals surface area contributed by atoms with Gasteiger partial charge in [0.15, 0.2) is 0 Å². The highest BCUT2D eigenvalue weighted by molar-refractivity contribution is 5.97. The lowest BCUT2D eigenvalue weighted by molar-refractivity contribution is 0.0926. The Morgan fingerprint density at radius 1 is 1.29 bits per heavy atom. The van der Waals surface area contributed by atoms with Crippen molar-refractivity contribution < 1.29 is 9.53 Å². The first-order chi connectivity index (χ1) is 11.6. The molecule has 1 amide bonds. The predicted octanol–water partition coefficient (Wildman–Crippen LogP) is 3.00. The van der Waals surface area contributed by atoms with Crippen LogP contribution in [0, 0.1) is 0 Å². The van der Waals surface area contributed by atoms with E-state index in [9.17, 15) is 9.59 Å². The van der Waals surface area contributed by atoms with Crippen molar-refractivity contribution in [3.05, 3.63) is 40.2 Å². The van der Waals surface area contributed by atoms with Gasteiger partial charge >= 0.3 is 0 Å². The Kier molecular flexibility index (Phi) is 4.88. The first kappa shape index (κ1) is 16.6. The minimum absolute atomic E-state index is 0.182. The molecule has 1 aliphatic carbocycles. The number of aryl methyl sites for hydroxylation is 1. The quantitative estimate of drug-likeness (QED) is 0.938. The van der Waals surface area contributed by atoms with Gasteiger partial charge in [-0.3, -0.25) is 9.59 Å². The molecular weight excluding hydrogens is 304 g/mol. The zero-order valence-electron chi connectivity index (χ0n) is 14.3. The van der Waals surface area contributed by atoms with Crippen LogP contribution in [0.3, 0.4) is 0 Å². The summed E-state index contributed by atoms with van der Waals surface area (Å²) in [6.07, 6.45) is 7.12. The molecule has 1 N–H and O–H groups in total. The maximum absolute atomic E-state index is 12.8. The predicted molar refractivity (Wildman–Crippen MR) is 94.7 cm³/mol. The van der Waals surface area contributed by atoms with Gasteiger partial charge in [-0.05, 0) is 38.0 Å². The number of rotatable bonds is 4. The maximum atomic E-state index is 12.8. The van der Waals surface area contributed by atoms with Crippen LogP contribution in [-0.2, 0) is 7.05 Å². The summed E-state index contributed by atoms with van der Waals surface area (Å²) < 4.78 is 7.30. The van der Waals surface area contributed by atoms with Crippen molar-refractivity contribution in [3.63, 3.8) is 0 Å². The fourth-order valence-corrected chi connectivity index (χ4v) is 3.40. The normalized spacial score (nSPS) is 15.4. The van der Waals surface area contributed by atoms with Crippen LogP contribution in [0.4, 0.5) is 0 Å². The minimum Gasteiger partial charge on any atom is -0.494 e. The Bertz CT molecular complexity index is 804. The van der Waals surface area contributed by atoms with Gasteiger partial charge in [-0.1, -0.05) is 19.3 Å². The third-order valence-corrected chi connectivity index (χ3v) is 4.66. The fourth-order valence-electron chi connectivity index (χ4n) is 3.40. The number of fused-ring (bicyclic) bond motifs is 1. The molecule has 0 spiro atoms. The molecule has 1 aromatic heterocycles. The zero-order chi connectivity index (χ0) is 17.1. The number of nitrogens with one attached hydrogen (secondary N) is 1. The van der Waals surface area contributed by atoms with E-state index in [4.69, 9.17) is 4.74 Å². The first-order valence-electron chi connectivity index (χ1n) is 8.67. The molecule has 0 radical (unpaired) electrons. The van der Waals surface area contributed by atoms with Crippen LogP contribution in [0.1, 0.15) is 49.4 Å². The number of carbonyl (C=O) groups excluding carboxylic acids is 1. The summed E-state index contributed by atoms with van der Waals surface area (Å²) in [7, 11) is 1.85. The van der Waals surface area contributed by atoms with Crippen molar-refractivity contribution in [3.8, 4) is 5.75 Å². The molecule has 1 saturated carbocycles. The van der Waals surface area contributed by atoms with Crippen LogP contribution in [0.2, 0.25) is 0 Å². The van der Waals surface area contributed by atoms with Gasteiger partial charge < -0.3 is 14.6 Å². The van der Waals surface area contributed by atoms with E-state index in [2.05, 4.69) is 5.32 Å². The number of ether oxygens (including phenoxy) is 1. The van der Waals surface area contributed by atoms with Crippen LogP contribution in [0.25, 0.3) is 10.9 Å². The molecule has 0 aliphatic heterocycles. The van der Waals surface area contributed by atoms with Crippen LogP contribution < -0.4 is 15.5 Å². The Morgan fingerprint density at radius 3 is 2.75 bits per heavy atom. The number of aromatic nitrogens is 1. The standard InChI is InChI=1S/C19H24N2O3/c1-3-24-14-9-10-17-15(11-14)18(22)16(12-21(17)2)19(23)20-13-7-5-4-6-8-13/h9-13H,3-8H2,1-2H3,(H,20,23). The molecule has 0 atom stereocenters. The van der Waals surface area contributed by atoms with E-state index in [1.165, 1.54) is 6.42 Å². The summed E-state index contributed by atoms with van der Waals surface area (Å²) in [6.45, 7) is 2.43. The molecule has 5 nitrogen and oxygen atoms in total. The van der Waals surface area contributed by atoms with E-state index in [1.54, 1.807) is 12.3 Å². The Morgan fingerprint density at radius 2 is 2.04 bits per heavy atom. The number of hydrogen-bond donors (Lipinski definition) is 1. The van der Waals surface area contributed by atoms with Gasteiger partial charge in [0.05, 0.1) is 17.5 Å². The average molecular weight is 328 g/mol. The summed E-state index contributed by atoms with van der Waals surface area (Å²) in [4.78, 5) is 25.4. The zero-order valence-corrected chi connectivity index (χ0v) is 14.3. The fraction of sp³-hybridized carbons (Fsp3) is 0.474. The second-order valence-electron chi connectivity index (χ2n) is 6.40. The van der Waals surface area contributed by atoms with Crippen molar-refractivity contribution in [2.45, 2.75) is 45.1 Å². The molecule has 0 bridgehead atoms. The van der Waals surface area contributed by atoms with Crippen LogP contribution >= 0.6 is 0 Å². The topological polar surface area (TPSA) is 60.3 Å². The van der Waals surface area contributed by atoms with E-state index in [0.717, 1.165) is 31.2 Å². The van der Waals surface area contributed by atoms with Crippen LogP contribution in [-0.4, -0.2) is 23.1 Å². The van der Waals surface area contributed by atoms with Crippen molar-refractivity contribution in [2.75, 3.05) is 6.61 Å². The van der Waals surface area contributed by atoms with Gasteiger partial charge in [-0.25, -0.2) is 0 Å². The van der Waals surface area contributed by atoms with Gasteiger partial charge in [0, 0.05) is 19.3 Å². The molecule has 1 aliphatic rings. The third kappa shape index (κ3) is 3.30. The molecule has 0 unspecified atom stereocenters. The van der Waals surface area contributed by atoms with E-state index in [-0.39, 0.29) is 22.9 Å². The minimum atomic E-state index is -0.272. The third-order valence-electron chi connectivity index (χ3n) is 4.66. The molecule has 5 heteroatoms. The average Bonchev–Trinajstić information content (AvgIpc) is 2.59. The largest absolute Gasteiger partial charge is 0.494 e. The highest BCUT2D eigenvalue weighted by atomic mass is 16.5. The second kappa shape index (κ2) is 7.07. The van der Waals surface area contributed by atoms with Gasteiger partial charge in [-0.2, -0.15) is 0 Å². The second-order valence-corrected chi connectivity index (χ2v) is 6.40. The van der Waals surface area contributed by atoms with Crippen LogP contribution in [0.15, 0.2) is 29.2 Å². The summed E-state index contributed by atoms with van der Waals surface area (Å²) in [5.41, 5.74) is 0.750. The smallest absolute Gasteiger partial charge is 0.256 e. The Balaban J connectivity index is 1.96. The maximum Gasteiger partial charge on any atom is 0.256 e. The molecule has 24 heavy (non-hydrogen) atoms. The number of carbonyl (C=O) groups is 1. The van der Waals surface area contributed by atoms with E-state index < -0.39 is 0 Å². The molecule has 1 fully saturated rings. The lowest BCUT2D eigenvalue weighted by Crippen LogP contribution is -2.38. The van der Waals surface area contributed by atoms with Gasteiger partial charge in [0.1, 0.15) is 11.3 Å². The molecule has 1 heterocycles. The molecule has 2 aromatic rings. The number of hydrogen-bond acceptors (Lipinski definition) is 3. The van der Waals surface area contributed by atoms with E-state index >= 15 is 0 Å². The van der Waals surface area contributed by atoms with Crippen molar-refractivity contribution in [1.82, 2.24) is 9.88 Å². The van der Waals surface area contributed by atoms with Crippen molar-refractivity contribution in [1.29, 1.82) is 0 Å². The Hall–Kier alpha value is -2.30. The lowest BCUT2D eigenvalue weighted by atomic mass is 9.95. The van der Waals surface area contributed by atoms with E-state index in [0.29, 0.717) is 17.7 Å². The number of pyridine rings is 1. The van der Waals surface area contributed by atoms with Gasteiger partial charge in [-0.15, -0.1) is 0 Å². The number of amides is 1. The van der Waals surface area contributed by atoms with Crippen molar-refractivity contribution >= 4 is 16.8 Å². The molecule has 128 valence electrons. The van der Waals surface area contributed by atoms with Crippen LogP contribution in [0.5, 0.6) is 5.75 Å². The lowest BCUT2D eigenvalue weighted by Gasteiger charge is -2.22. The van der Waals surface area contributed by atoms with Gasteiger partial charge in [0.25, 0.3) is 5.91 Å². The SMILES string of the molecule is CCOc1ccc2c(c1)c(=O)c(C(=O)NC1CCCCC1)cn2C. The molecule has 0 saturated heterocycles. The number of nitrogens with zero attached hydrogens (tertiary/aromatic N) is 1. The first-order valence-corrected chi connectivity index (χ1v) is 8.67. The molecule has 1 aromatic carbocycles. The molecular formula is C19H24N2O3. The monoisotopic (exact) mass is 328 g/mol. The van der Waals surface area contributed by atoms with E-state index in [1.807, 2.05) is 30.7 Å². The highest BCUT2D eigenvalue weighted by Gasteiger charge is 2.20. The summed E-state index contributed by atoms with van der Waals surface area (Å²) in [5, 5.41) is 3.54. The number of benzene rings is 1.